The van der Waals surface area contributed by atoms with Crippen LogP contribution < -0.4 is 18.9 Å². The van der Waals surface area contributed by atoms with Gasteiger partial charge in [-0.05, 0) is 50.2 Å². The average Bonchev–Trinajstić information content (AvgIpc) is 3.08. The fourth-order valence-electron chi connectivity index (χ4n) is 4.60. The van der Waals surface area contributed by atoms with Crippen LogP contribution in [0.4, 0.5) is 0 Å². The first-order valence-corrected chi connectivity index (χ1v) is 10.4. The zero-order valence-electron chi connectivity index (χ0n) is 18.1. The summed E-state index contributed by atoms with van der Waals surface area (Å²) >= 11 is 0. The van der Waals surface area contributed by atoms with E-state index >= 15 is 0 Å². The van der Waals surface area contributed by atoms with Gasteiger partial charge >= 0.3 is 0 Å². The van der Waals surface area contributed by atoms with E-state index in [1.54, 1.807) is 28.4 Å². The molecule has 0 amide bonds. The Kier molecular flexibility index (Phi) is 5.97. The molecule has 30 heavy (non-hydrogen) atoms. The summed E-state index contributed by atoms with van der Waals surface area (Å²) < 4.78 is 24.8. The van der Waals surface area contributed by atoms with Crippen molar-refractivity contribution in [2.75, 3.05) is 28.4 Å². The average molecular weight is 412 g/mol. The highest BCUT2D eigenvalue weighted by Crippen LogP contribution is 2.51. The number of para-hydroxylation sites is 1. The van der Waals surface area contributed by atoms with Crippen LogP contribution in [0.2, 0.25) is 0 Å². The molecule has 160 valence electrons. The van der Waals surface area contributed by atoms with Crippen LogP contribution in [-0.2, 0) is 19.4 Å². The Balaban J connectivity index is 1.56. The van der Waals surface area contributed by atoms with E-state index in [9.17, 15) is 0 Å². The molecular weight excluding hydrogens is 382 g/mol. The van der Waals surface area contributed by atoms with Crippen LogP contribution in [0.1, 0.15) is 30.4 Å². The largest absolute Gasteiger partial charge is 0.492 e. The van der Waals surface area contributed by atoms with Gasteiger partial charge in [-0.15, -0.1) is 5.10 Å². The van der Waals surface area contributed by atoms with Crippen molar-refractivity contribution >= 4 is 11.0 Å². The maximum absolute atomic E-state index is 5.75. The molecule has 3 aromatic rings. The lowest BCUT2D eigenvalue weighted by Crippen LogP contribution is -2.08. The number of rotatable bonds is 7. The smallest absolute Gasteiger partial charge is 0.207 e. The first kappa shape index (κ1) is 20.3. The van der Waals surface area contributed by atoms with Gasteiger partial charge in [-0.3, -0.25) is 0 Å². The SMILES string of the molecule is COc1c2c(c(OC)c(OC)c1OC)CCC(CCn1nnc3ccccc31)CC2. The van der Waals surface area contributed by atoms with Gasteiger partial charge in [0, 0.05) is 17.7 Å². The van der Waals surface area contributed by atoms with Gasteiger partial charge in [0.2, 0.25) is 11.5 Å². The maximum Gasteiger partial charge on any atom is 0.207 e. The van der Waals surface area contributed by atoms with Crippen LogP contribution in [-0.4, -0.2) is 43.4 Å². The molecule has 0 fully saturated rings. The number of aromatic nitrogens is 3. The normalized spacial score (nSPS) is 14.3. The fraction of sp³-hybridized carbons (Fsp3) is 0.478. The second-order valence-corrected chi connectivity index (χ2v) is 7.62. The second kappa shape index (κ2) is 8.81. The molecule has 1 aliphatic carbocycles. The lowest BCUT2D eigenvalue weighted by Gasteiger charge is -2.21. The quantitative estimate of drug-likeness (QED) is 0.547. The van der Waals surface area contributed by atoms with Crippen LogP contribution in [0.3, 0.4) is 0 Å². The van der Waals surface area contributed by atoms with Gasteiger partial charge in [0.15, 0.2) is 11.5 Å². The maximum atomic E-state index is 5.75. The van der Waals surface area contributed by atoms with E-state index in [1.165, 1.54) is 11.1 Å². The van der Waals surface area contributed by atoms with Crippen LogP contribution in [0.25, 0.3) is 11.0 Å². The molecule has 7 nitrogen and oxygen atoms in total. The number of fused-ring (bicyclic) bond motifs is 2. The van der Waals surface area contributed by atoms with Crippen molar-refractivity contribution in [3.8, 4) is 23.0 Å². The van der Waals surface area contributed by atoms with Gasteiger partial charge in [-0.25, -0.2) is 4.68 Å². The topological polar surface area (TPSA) is 67.6 Å². The molecule has 4 rings (SSSR count). The molecule has 0 bridgehead atoms. The lowest BCUT2D eigenvalue weighted by atomic mass is 9.96. The number of benzene rings is 2. The second-order valence-electron chi connectivity index (χ2n) is 7.62. The van der Waals surface area contributed by atoms with Crippen molar-refractivity contribution in [2.24, 2.45) is 5.92 Å². The van der Waals surface area contributed by atoms with E-state index in [1.807, 2.05) is 22.9 Å². The molecule has 2 aromatic carbocycles. The molecular formula is C23H29N3O4. The van der Waals surface area contributed by atoms with Crippen molar-refractivity contribution in [2.45, 2.75) is 38.6 Å². The van der Waals surface area contributed by atoms with Crippen molar-refractivity contribution in [3.63, 3.8) is 0 Å². The third kappa shape index (κ3) is 3.53. The molecule has 1 aromatic heterocycles. The fourth-order valence-corrected chi connectivity index (χ4v) is 4.60. The molecule has 1 heterocycles. The van der Waals surface area contributed by atoms with Crippen molar-refractivity contribution in [1.82, 2.24) is 15.0 Å². The Labute approximate surface area is 176 Å². The van der Waals surface area contributed by atoms with E-state index in [0.29, 0.717) is 17.4 Å². The third-order valence-electron chi connectivity index (χ3n) is 6.12. The highest BCUT2D eigenvalue weighted by atomic mass is 16.5. The monoisotopic (exact) mass is 411 g/mol. The standard InChI is InChI=1S/C23H29N3O4/c1-27-20-16-11-9-15(13-14-26-19-8-6-5-7-18(19)24-25-26)10-12-17(16)21(28-2)23(30-4)22(20)29-3/h5-8,15H,9-14H2,1-4H3. The number of nitrogens with zero attached hydrogens (tertiary/aromatic N) is 3. The molecule has 0 atom stereocenters. The predicted molar refractivity (Wildman–Crippen MR) is 115 cm³/mol. The van der Waals surface area contributed by atoms with Crippen LogP contribution in [0, 0.1) is 5.92 Å². The van der Waals surface area contributed by atoms with E-state index < -0.39 is 0 Å². The molecule has 7 heteroatoms. The van der Waals surface area contributed by atoms with Gasteiger partial charge in [-0.2, -0.15) is 0 Å². The van der Waals surface area contributed by atoms with Gasteiger partial charge < -0.3 is 18.9 Å². The van der Waals surface area contributed by atoms with Crippen molar-refractivity contribution in [3.05, 3.63) is 35.4 Å². The van der Waals surface area contributed by atoms with Crippen LogP contribution in [0.15, 0.2) is 24.3 Å². The van der Waals surface area contributed by atoms with E-state index in [-0.39, 0.29) is 0 Å². The van der Waals surface area contributed by atoms with Gasteiger partial charge in [0.1, 0.15) is 5.52 Å². The van der Waals surface area contributed by atoms with E-state index in [4.69, 9.17) is 18.9 Å². The summed E-state index contributed by atoms with van der Waals surface area (Å²) in [4.78, 5) is 0. The van der Waals surface area contributed by atoms with Crippen molar-refractivity contribution in [1.29, 1.82) is 0 Å². The molecule has 0 saturated carbocycles. The minimum Gasteiger partial charge on any atom is -0.492 e. The molecule has 1 aliphatic rings. The predicted octanol–water partition coefficient (Wildman–Crippen LogP) is 4.05. The summed E-state index contributed by atoms with van der Waals surface area (Å²) in [5.74, 6) is 3.29. The number of aryl methyl sites for hydroxylation is 1. The van der Waals surface area contributed by atoms with Crippen molar-refractivity contribution < 1.29 is 18.9 Å². The third-order valence-corrected chi connectivity index (χ3v) is 6.12. The summed E-state index contributed by atoms with van der Waals surface area (Å²) in [6.45, 7) is 0.864. The van der Waals surface area contributed by atoms with E-state index in [2.05, 4.69) is 16.4 Å². The van der Waals surface area contributed by atoms with Gasteiger partial charge in [0.05, 0.1) is 34.0 Å². The summed E-state index contributed by atoms with van der Waals surface area (Å²) in [6.07, 6.45) is 5.04. The Morgan fingerprint density at radius 2 is 1.40 bits per heavy atom. The molecule has 0 aliphatic heterocycles. The zero-order valence-corrected chi connectivity index (χ0v) is 18.1. The minimum absolute atomic E-state index is 0.576. The Morgan fingerprint density at radius 1 is 0.833 bits per heavy atom. The zero-order chi connectivity index (χ0) is 21.1. The number of methoxy groups -OCH3 is 4. The summed E-state index contributed by atoms with van der Waals surface area (Å²) in [5, 5.41) is 8.61. The lowest BCUT2D eigenvalue weighted by molar-refractivity contribution is 0.302. The summed E-state index contributed by atoms with van der Waals surface area (Å²) in [5.41, 5.74) is 4.37. The molecule has 0 saturated heterocycles. The highest BCUT2D eigenvalue weighted by Gasteiger charge is 2.29. The van der Waals surface area contributed by atoms with Gasteiger partial charge in [-0.1, -0.05) is 17.3 Å². The number of hydrogen-bond acceptors (Lipinski definition) is 6. The number of ether oxygens (including phenoxy) is 4. The molecule has 0 spiro atoms. The minimum atomic E-state index is 0.576. The molecule has 0 radical (unpaired) electrons. The van der Waals surface area contributed by atoms with Crippen LogP contribution in [0.5, 0.6) is 23.0 Å². The highest BCUT2D eigenvalue weighted by molar-refractivity contribution is 5.73. The van der Waals surface area contributed by atoms with E-state index in [0.717, 1.165) is 61.2 Å². The Hall–Kier alpha value is -2.96. The first-order chi connectivity index (χ1) is 14.7. The molecule has 0 N–H and O–H groups in total. The first-order valence-electron chi connectivity index (χ1n) is 10.4. The summed E-state index contributed by atoms with van der Waals surface area (Å²) in [6, 6.07) is 8.10. The Bertz CT molecular complexity index is 988. The Morgan fingerprint density at radius 3 is 1.97 bits per heavy atom. The van der Waals surface area contributed by atoms with Gasteiger partial charge in [0.25, 0.3) is 0 Å². The molecule has 0 unspecified atom stereocenters. The summed E-state index contributed by atoms with van der Waals surface area (Å²) in [7, 11) is 6.63. The van der Waals surface area contributed by atoms with Crippen LogP contribution >= 0.6 is 0 Å². The number of hydrogen-bond donors (Lipinski definition) is 0.